The number of carbonyl (C=O) groups excluding carboxylic acids is 3. The zero-order valence-corrected chi connectivity index (χ0v) is 25.0. The monoisotopic (exact) mass is 594 g/mol. The zero-order chi connectivity index (χ0) is 30.6. The van der Waals surface area contributed by atoms with Crippen LogP contribution in [0.25, 0.3) is 5.76 Å². The quantitative estimate of drug-likeness (QED) is 0.172. The number of nitrogens with two attached hydrogens (primary N) is 1. The number of methoxy groups -OCH3 is 2. The Labute approximate surface area is 247 Å². The zero-order valence-electron chi connectivity index (χ0n) is 24.1. The molecule has 0 bridgehead atoms. The maximum Gasteiger partial charge on any atom is 0.405 e. The highest BCUT2D eigenvalue weighted by Gasteiger charge is 2.36. The van der Waals surface area contributed by atoms with Crippen LogP contribution in [0.3, 0.4) is 0 Å². The van der Waals surface area contributed by atoms with Crippen LogP contribution in [0.2, 0.25) is 0 Å². The van der Waals surface area contributed by atoms with Gasteiger partial charge in [0, 0.05) is 41.9 Å². The van der Waals surface area contributed by atoms with E-state index in [9.17, 15) is 19.5 Å². The van der Waals surface area contributed by atoms with E-state index in [2.05, 4.69) is 15.3 Å². The molecule has 0 saturated carbocycles. The van der Waals surface area contributed by atoms with E-state index in [0.29, 0.717) is 64.1 Å². The molecule has 12 heteroatoms. The molecular formula is C30H34N4O7S. The SMILES string of the molecule is COc1ccc(CC(c2ccc(C(O)=C3CCCc4nc(NC(C)=O)sc4C3=O)cn2)C(C)(C)OC(N)=O)c(OC)c1. The molecule has 0 aliphatic heterocycles. The molecule has 4 N–H and O–H groups in total. The Balaban J connectivity index is 1.68. The highest BCUT2D eigenvalue weighted by Crippen LogP contribution is 2.38. The summed E-state index contributed by atoms with van der Waals surface area (Å²) in [7, 11) is 3.13. The van der Waals surface area contributed by atoms with Crippen LogP contribution in [0, 0.1) is 0 Å². The van der Waals surface area contributed by atoms with E-state index >= 15 is 0 Å². The first kappa shape index (κ1) is 30.5. The Morgan fingerprint density at radius 3 is 2.55 bits per heavy atom. The van der Waals surface area contributed by atoms with Gasteiger partial charge in [-0.1, -0.05) is 17.4 Å². The summed E-state index contributed by atoms with van der Waals surface area (Å²) in [5, 5.41) is 14.2. The molecule has 1 aliphatic rings. The molecule has 0 fully saturated rings. The van der Waals surface area contributed by atoms with E-state index in [0.717, 1.165) is 16.9 Å². The van der Waals surface area contributed by atoms with Crippen LogP contribution < -0.4 is 20.5 Å². The average molecular weight is 595 g/mol. The van der Waals surface area contributed by atoms with Crippen molar-refractivity contribution < 1.29 is 33.7 Å². The Hall–Kier alpha value is -4.45. The number of aromatic nitrogens is 2. The number of nitrogens with zero attached hydrogens (tertiary/aromatic N) is 2. The molecule has 1 unspecified atom stereocenters. The third-order valence-corrected chi connectivity index (χ3v) is 8.14. The highest BCUT2D eigenvalue weighted by molar-refractivity contribution is 7.18. The van der Waals surface area contributed by atoms with Crippen LogP contribution >= 0.6 is 11.3 Å². The van der Waals surface area contributed by atoms with Gasteiger partial charge in [-0.2, -0.15) is 0 Å². The topological polar surface area (TPSA) is 163 Å². The number of thiazole rings is 1. The van der Waals surface area contributed by atoms with E-state index in [4.69, 9.17) is 19.9 Å². The molecule has 11 nitrogen and oxygen atoms in total. The van der Waals surface area contributed by atoms with Crippen LogP contribution in [0.1, 0.15) is 71.7 Å². The van der Waals surface area contributed by atoms with Crippen LogP contribution in [-0.4, -0.2) is 52.7 Å². The summed E-state index contributed by atoms with van der Waals surface area (Å²) < 4.78 is 16.4. The number of allylic oxidation sites excluding steroid dienone is 1. The first-order chi connectivity index (χ1) is 19.9. The van der Waals surface area contributed by atoms with Gasteiger partial charge < -0.3 is 30.4 Å². The summed E-state index contributed by atoms with van der Waals surface area (Å²) in [6.45, 7) is 4.88. The number of primary amides is 1. The number of pyridine rings is 1. The number of hydrogen-bond donors (Lipinski definition) is 3. The summed E-state index contributed by atoms with van der Waals surface area (Å²) >= 11 is 1.10. The fourth-order valence-electron chi connectivity index (χ4n) is 5.01. The lowest BCUT2D eigenvalue weighted by Gasteiger charge is -2.33. The molecule has 0 spiro atoms. The number of benzene rings is 1. The number of ether oxygens (including phenoxy) is 3. The molecule has 0 saturated heterocycles. The predicted octanol–water partition coefficient (Wildman–Crippen LogP) is 5.20. The molecule has 3 aromatic rings. The molecule has 2 aromatic heterocycles. The molecule has 222 valence electrons. The second-order valence-electron chi connectivity index (χ2n) is 10.4. The number of ketones is 1. The number of aliphatic hydroxyl groups is 1. The fourth-order valence-corrected chi connectivity index (χ4v) is 6.04. The predicted molar refractivity (Wildman–Crippen MR) is 158 cm³/mol. The van der Waals surface area contributed by atoms with Gasteiger partial charge in [0.25, 0.3) is 0 Å². The summed E-state index contributed by atoms with van der Waals surface area (Å²) in [6.07, 6.45) is 2.49. The van der Waals surface area contributed by atoms with Crippen molar-refractivity contribution in [2.45, 2.75) is 58.0 Å². The summed E-state index contributed by atoms with van der Waals surface area (Å²) in [5.41, 5.74) is 6.99. The van der Waals surface area contributed by atoms with Crippen LogP contribution in [0.5, 0.6) is 11.5 Å². The van der Waals surface area contributed by atoms with Crippen molar-refractivity contribution in [2.75, 3.05) is 19.5 Å². The van der Waals surface area contributed by atoms with Crippen molar-refractivity contribution in [3.63, 3.8) is 0 Å². The van der Waals surface area contributed by atoms with Crippen LogP contribution in [0.4, 0.5) is 9.93 Å². The lowest BCUT2D eigenvalue weighted by molar-refractivity contribution is -0.114. The van der Waals surface area contributed by atoms with E-state index in [1.165, 1.54) is 13.1 Å². The minimum absolute atomic E-state index is 0.164. The van der Waals surface area contributed by atoms with Crippen LogP contribution in [-0.2, 0) is 22.4 Å². The third kappa shape index (κ3) is 6.71. The molecule has 0 radical (unpaired) electrons. The van der Waals surface area contributed by atoms with Gasteiger partial charge in [-0.25, -0.2) is 9.78 Å². The van der Waals surface area contributed by atoms with Gasteiger partial charge in [-0.05, 0) is 63.3 Å². The molecule has 2 heterocycles. The first-order valence-corrected chi connectivity index (χ1v) is 14.1. The van der Waals surface area contributed by atoms with Crippen molar-refractivity contribution in [3.8, 4) is 11.5 Å². The Morgan fingerprint density at radius 2 is 1.93 bits per heavy atom. The number of hydrogen-bond acceptors (Lipinski definition) is 10. The summed E-state index contributed by atoms with van der Waals surface area (Å²) in [5.74, 6) is 0.0211. The highest BCUT2D eigenvalue weighted by atomic mass is 32.1. The molecule has 2 amide bonds. The van der Waals surface area contributed by atoms with E-state index in [1.54, 1.807) is 46.3 Å². The largest absolute Gasteiger partial charge is 0.507 e. The van der Waals surface area contributed by atoms with E-state index in [1.807, 2.05) is 12.1 Å². The number of anilines is 1. The number of aryl methyl sites for hydroxylation is 1. The number of aliphatic hydroxyl groups excluding tert-OH is 1. The van der Waals surface area contributed by atoms with Crippen molar-refractivity contribution in [2.24, 2.45) is 5.73 Å². The summed E-state index contributed by atoms with van der Waals surface area (Å²) in [4.78, 5) is 46.0. The lowest BCUT2D eigenvalue weighted by atomic mass is 9.82. The molecule has 1 aliphatic carbocycles. The van der Waals surface area contributed by atoms with Crippen molar-refractivity contribution in [1.82, 2.24) is 9.97 Å². The van der Waals surface area contributed by atoms with Crippen LogP contribution in [0.15, 0.2) is 42.1 Å². The lowest BCUT2D eigenvalue weighted by Crippen LogP contribution is -2.38. The molecular weight excluding hydrogens is 560 g/mol. The molecule has 42 heavy (non-hydrogen) atoms. The van der Waals surface area contributed by atoms with Gasteiger partial charge in [0.2, 0.25) is 11.7 Å². The van der Waals surface area contributed by atoms with E-state index < -0.39 is 17.6 Å². The van der Waals surface area contributed by atoms with Gasteiger partial charge in [0.05, 0.1) is 24.8 Å². The molecule has 1 atom stereocenters. The first-order valence-electron chi connectivity index (χ1n) is 13.3. The number of amides is 2. The summed E-state index contributed by atoms with van der Waals surface area (Å²) in [6, 6.07) is 8.87. The van der Waals surface area contributed by atoms with Gasteiger partial charge >= 0.3 is 6.09 Å². The second-order valence-corrected chi connectivity index (χ2v) is 11.4. The molecule has 1 aromatic carbocycles. The van der Waals surface area contributed by atoms with Crippen molar-refractivity contribution in [1.29, 1.82) is 0 Å². The van der Waals surface area contributed by atoms with Gasteiger partial charge in [-0.3, -0.25) is 14.6 Å². The second kappa shape index (κ2) is 12.6. The van der Waals surface area contributed by atoms with Gasteiger partial charge in [0.15, 0.2) is 5.13 Å². The Bertz CT molecular complexity index is 1530. The number of carbonyl (C=O) groups is 3. The van der Waals surface area contributed by atoms with Crippen molar-refractivity contribution >= 4 is 40.0 Å². The number of fused-ring (bicyclic) bond motifs is 1. The standard InChI is InChI=1S/C30H34N4O7S/c1-16(35)33-29-34-23-8-6-7-20(26(37)27(23)42-29)25(36)18-10-12-22(32-15-18)21(30(2,3)41-28(31)38)13-17-9-11-19(39-4)14-24(17)40-5/h9-12,14-15,21,36H,6-8,13H2,1-5H3,(H2,31,38)(H,33,34,35). The normalized spacial score (nSPS) is 15.2. The maximum atomic E-state index is 13.4. The number of nitrogens with one attached hydrogen (secondary N) is 1. The Morgan fingerprint density at radius 1 is 1.17 bits per heavy atom. The molecule has 4 rings (SSSR count). The fraction of sp³-hybridized carbons (Fsp3) is 0.367. The van der Waals surface area contributed by atoms with Gasteiger partial charge in [0.1, 0.15) is 22.9 Å². The van der Waals surface area contributed by atoms with Crippen molar-refractivity contribution in [3.05, 3.63) is 69.5 Å². The Kier molecular flexibility index (Phi) is 9.15. The number of rotatable bonds is 9. The minimum atomic E-state index is -1.06. The third-order valence-electron chi connectivity index (χ3n) is 7.12. The number of Topliss-reactive ketones (excluding diaryl/α,β-unsaturated/α-hetero) is 1. The van der Waals surface area contributed by atoms with Gasteiger partial charge in [-0.15, -0.1) is 0 Å². The smallest absolute Gasteiger partial charge is 0.405 e. The average Bonchev–Trinajstić information content (AvgIpc) is 3.27. The van der Waals surface area contributed by atoms with E-state index in [-0.39, 0.29) is 23.0 Å². The maximum absolute atomic E-state index is 13.4. The minimum Gasteiger partial charge on any atom is -0.507 e.